The second kappa shape index (κ2) is 8.20. The van der Waals surface area contributed by atoms with Crippen molar-refractivity contribution in [2.75, 3.05) is 24.6 Å². The molecule has 0 aliphatic carbocycles. The number of nitrogens with one attached hydrogen (secondary N) is 1. The van der Waals surface area contributed by atoms with Crippen LogP contribution in [0.5, 0.6) is 0 Å². The summed E-state index contributed by atoms with van der Waals surface area (Å²) in [5.41, 5.74) is 3.42. The monoisotopic (exact) mass is 341 g/mol. The van der Waals surface area contributed by atoms with Crippen LogP contribution in [0.2, 0.25) is 0 Å². The molecule has 1 fully saturated rings. The number of hydrogen-bond donors (Lipinski definition) is 1. The lowest BCUT2D eigenvalue weighted by Gasteiger charge is -2.23. The van der Waals surface area contributed by atoms with E-state index in [1.54, 1.807) is 12.4 Å². The van der Waals surface area contributed by atoms with Crippen molar-refractivity contribution in [3.63, 3.8) is 0 Å². The molecule has 0 spiro atoms. The highest BCUT2D eigenvalue weighted by atomic mass is 32.2. The molecule has 2 aromatic rings. The Balaban J connectivity index is 1.62. The largest absolute Gasteiger partial charge is 0.331 e. The van der Waals surface area contributed by atoms with E-state index in [1.165, 1.54) is 0 Å². The van der Waals surface area contributed by atoms with Gasteiger partial charge in [-0.05, 0) is 47.9 Å². The van der Waals surface area contributed by atoms with Crippen molar-refractivity contribution in [3.05, 3.63) is 54.4 Å². The summed E-state index contributed by atoms with van der Waals surface area (Å²) in [4.78, 5) is 18.4. The normalized spacial score (nSPS) is 16.3. The zero-order chi connectivity index (χ0) is 16.8. The molecule has 24 heavy (non-hydrogen) atoms. The summed E-state index contributed by atoms with van der Waals surface area (Å²) in [6, 6.07) is 12.4. The van der Waals surface area contributed by atoms with Crippen LogP contribution in [0.25, 0.3) is 11.1 Å². The second-order valence-electron chi connectivity index (χ2n) is 5.98. The summed E-state index contributed by atoms with van der Waals surface area (Å²) >= 11 is 1.93. The second-order valence-corrected chi connectivity index (χ2v) is 7.21. The van der Waals surface area contributed by atoms with E-state index >= 15 is 0 Å². The molecule has 1 aromatic carbocycles. The molecule has 1 aliphatic rings. The topological polar surface area (TPSA) is 45.2 Å². The average molecular weight is 341 g/mol. The number of carbonyl (C=O) groups is 1. The van der Waals surface area contributed by atoms with E-state index in [1.807, 2.05) is 35.7 Å². The maximum atomic E-state index is 12.4. The van der Waals surface area contributed by atoms with Crippen molar-refractivity contribution in [1.82, 2.24) is 15.2 Å². The van der Waals surface area contributed by atoms with Crippen LogP contribution in [-0.4, -0.2) is 40.5 Å². The number of thioether (sulfide) groups is 1. The maximum absolute atomic E-state index is 12.4. The van der Waals surface area contributed by atoms with Crippen LogP contribution in [0, 0.1) is 0 Å². The standard InChI is InChI=1S/C19H23N3OS/c1-15(21-19(23)22-11-2-13-24-14-12-22)16-3-5-17(6-4-16)18-7-9-20-10-8-18/h3-10,15H,2,11-14H2,1H3,(H,21,23)/t15-/m0/s1. The predicted octanol–water partition coefficient (Wildman–Crippen LogP) is 3.96. The van der Waals surface area contributed by atoms with Crippen molar-refractivity contribution in [3.8, 4) is 11.1 Å². The predicted molar refractivity (Wildman–Crippen MR) is 100 cm³/mol. The number of aromatic nitrogens is 1. The third-order valence-corrected chi connectivity index (χ3v) is 5.32. The minimum Gasteiger partial charge on any atom is -0.331 e. The zero-order valence-electron chi connectivity index (χ0n) is 13.9. The summed E-state index contributed by atoms with van der Waals surface area (Å²) in [6.07, 6.45) is 4.67. The van der Waals surface area contributed by atoms with E-state index in [0.717, 1.165) is 47.7 Å². The van der Waals surface area contributed by atoms with Crippen molar-refractivity contribution in [2.45, 2.75) is 19.4 Å². The molecule has 0 radical (unpaired) electrons. The van der Waals surface area contributed by atoms with Gasteiger partial charge in [-0.25, -0.2) is 4.79 Å². The van der Waals surface area contributed by atoms with Gasteiger partial charge in [0.15, 0.2) is 0 Å². The zero-order valence-corrected chi connectivity index (χ0v) is 14.8. The molecule has 1 N–H and O–H groups in total. The third-order valence-electron chi connectivity index (χ3n) is 4.27. The maximum Gasteiger partial charge on any atom is 0.317 e. The van der Waals surface area contributed by atoms with Crippen LogP contribution >= 0.6 is 11.8 Å². The van der Waals surface area contributed by atoms with E-state index in [-0.39, 0.29) is 12.1 Å². The van der Waals surface area contributed by atoms with Gasteiger partial charge in [0.25, 0.3) is 0 Å². The summed E-state index contributed by atoms with van der Waals surface area (Å²) in [5.74, 6) is 2.18. The van der Waals surface area contributed by atoms with Crippen LogP contribution in [0.4, 0.5) is 4.79 Å². The Labute approximate surface area is 147 Å². The molecule has 0 bridgehead atoms. The van der Waals surface area contributed by atoms with Crippen molar-refractivity contribution >= 4 is 17.8 Å². The third kappa shape index (κ3) is 4.29. The van der Waals surface area contributed by atoms with E-state index in [0.29, 0.717) is 0 Å². The fraction of sp³-hybridized carbons (Fsp3) is 0.368. The van der Waals surface area contributed by atoms with Gasteiger partial charge in [-0.15, -0.1) is 0 Å². The molecule has 1 saturated heterocycles. The smallest absolute Gasteiger partial charge is 0.317 e. The lowest BCUT2D eigenvalue weighted by Crippen LogP contribution is -2.42. The molecule has 5 heteroatoms. The van der Waals surface area contributed by atoms with Gasteiger partial charge in [0, 0.05) is 31.2 Å². The van der Waals surface area contributed by atoms with E-state index in [9.17, 15) is 4.79 Å². The highest BCUT2D eigenvalue weighted by Crippen LogP contribution is 2.21. The van der Waals surface area contributed by atoms with E-state index in [4.69, 9.17) is 0 Å². The van der Waals surface area contributed by atoms with Crippen LogP contribution in [0.15, 0.2) is 48.8 Å². The summed E-state index contributed by atoms with van der Waals surface area (Å²) in [6.45, 7) is 3.72. The van der Waals surface area contributed by atoms with Crippen molar-refractivity contribution < 1.29 is 4.79 Å². The van der Waals surface area contributed by atoms with Gasteiger partial charge >= 0.3 is 6.03 Å². The van der Waals surface area contributed by atoms with Gasteiger partial charge in [-0.2, -0.15) is 11.8 Å². The minimum atomic E-state index is -0.0000962. The molecule has 126 valence electrons. The summed E-state index contributed by atoms with van der Waals surface area (Å²) < 4.78 is 0. The van der Waals surface area contributed by atoms with Crippen LogP contribution in [0.1, 0.15) is 24.9 Å². The van der Waals surface area contributed by atoms with Gasteiger partial charge in [0.1, 0.15) is 0 Å². The molecular weight excluding hydrogens is 318 g/mol. The number of hydrogen-bond acceptors (Lipinski definition) is 3. The minimum absolute atomic E-state index is 0.0000962. The summed E-state index contributed by atoms with van der Waals surface area (Å²) in [7, 11) is 0. The number of nitrogens with zero attached hydrogens (tertiary/aromatic N) is 2. The number of carbonyl (C=O) groups excluding carboxylic acids is 1. The molecule has 1 aromatic heterocycles. The first-order chi connectivity index (χ1) is 11.7. The average Bonchev–Trinajstić information content (AvgIpc) is 2.92. The van der Waals surface area contributed by atoms with Gasteiger partial charge in [-0.3, -0.25) is 4.98 Å². The molecule has 1 atom stereocenters. The van der Waals surface area contributed by atoms with Crippen molar-refractivity contribution in [1.29, 1.82) is 0 Å². The Morgan fingerprint density at radius 3 is 2.54 bits per heavy atom. The van der Waals surface area contributed by atoms with E-state index < -0.39 is 0 Å². The number of rotatable bonds is 3. The first-order valence-corrected chi connectivity index (χ1v) is 9.53. The fourth-order valence-electron chi connectivity index (χ4n) is 2.82. The molecular formula is C19H23N3OS. The first-order valence-electron chi connectivity index (χ1n) is 8.37. The number of benzene rings is 1. The van der Waals surface area contributed by atoms with E-state index in [2.05, 4.69) is 34.6 Å². The summed E-state index contributed by atoms with van der Waals surface area (Å²) in [5, 5.41) is 3.12. The van der Waals surface area contributed by atoms with Crippen LogP contribution < -0.4 is 5.32 Å². The van der Waals surface area contributed by atoms with Gasteiger partial charge in [0.05, 0.1) is 6.04 Å². The van der Waals surface area contributed by atoms with Crippen LogP contribution in [-0.2, 0) is 0 Å². The number of urea groups is 1. The van der Waals surface area contributed by atoms with Crippen molar-refractivity contribution in [2.24, 2.45) is 0 Å². The quantitative estimate of drug-likeness (QED) is 0.919. The van der Waals surface area contributed by atoms with Gasteiger partial charge in [-0.1, -0.05) is 24.3 Å². The molecule has 4 nitrogen and oxygen atoms in total. The van der Waals surface area contributed by atoms with Gasteiger partial charge in [0.2, 0.25) is 0 Å². The molecule has 1 aliphatic heterocycles. The molecule has 2 heterocycles. The van der Waals surface area contributed by atoms with Gasteiger partial charge < -0.3 is 10.2 Å². The lowest BCUT2D eigenvalue weighted by molar-refractivity contribution is 0.198. The molecule has 0 saturated carbocycles. The molecule has 2 amide bonds. The highest BCUT2D eigenvalue weighted by molar-refractivity contribution is 7.99. The number of pyridine rings is 1. The first kappa shape index (κ1) is 16.8. The Morgan fingerprint density at radius 1 is 1.08 bits per heavy atom. The highest BCUT2D eigenvalue weighted by Gasteiger charge is 2.17. The molecule has 0 unspecified atom stereocenters. The number of amides is 2. The lowest BCUT2D eigenvalue weighted by atomic mass is 10.0. The Hall–Kier alpha value is -2.01. The Morgan fingerprint density at radius 2 is 1.79 bits per heavy atom. The molecule has 3 rings (SSSR count). The fourth-order valence-corrected chi connectivity index (χ4v) is 3.70. The SMILES string of the molecule is C[C@H](NC(=O)N1CCCSCC1)c1ccc(-c2ccncc2)cc1. The Kier molecular flexibility index (Phi) is 5.75. The Bertz CT molecular complexity index is 652. The van der Waals surface area contributed by atoms with Crippen LogP contribution in [0.3, 0.4) is 0 Å².